The van der Waals surface area contributed by atoms with Crippen molar-refractivity contribution in [3.8, 4) is 0 Å². The number of benzene rings is 1. The van der Waals surface area contributed by atoms with Crippen molar-refractivity contribution in [2.75, 3.05) is 7.11 Å². The molecule has 0 saturated heterocycles. The van der Waals surface area contributed by atoms with E-state index in [1.54, 1.807) is 24.3 Å². The van der Waals surface area contributed by atoms with Gasteiger partial charge in [-0.3, -0.25) is 4.79 Å². The van der Waals surface area contributed by atoms with Crippen LogP contribution in [-0.2, 0) is 20.7 Å². The molecule has 1 amide bonds. The topological polar surface area (TPSA) is 81.4 Å². The van der Waals surface area contributed by atoms with Gasteiger partial charge < -0.3 is 15.8 Å². The zero-order valence-electron chi connectivity index (χ0n) is 12.4. The van der Waals surface area contributed by atoms with Crippen LogP contribution >= 0.6 is 12.2 Å². The van der Waals surface area contributed by atoms with Crippen LogP contribution in [-0.4, -0.2) is 30.0 Å². The number of hydrogen-bond donors (Lipinski definition) is 2. The standard InChI is InChI=1S/C15H20N2O3S/c1-9(2)13(15(19)20-3)17-12(18)8-10-4-6-11(7-5-10)14(16)21/h4-7,9,13H,8H2,1-3H3,(H2,16,21)(H,17,18). The van der Waals surface area contributed by atoms with Crippen LogP contribution in [0.1, 0.15) is 25.0 Å². The lowest BCUT2D eigenvalue weighted by molar-refractivity contribution is -0.146. The Morgan fingerprint density at radius 3 is 2.29 bits per heavy atom. The van der Waals surface area contributed by atoms with E-state index in [2.05, 4.69) is 10.1 Å². The van der Waals surface area contributed by atoms with E-state index in [0.717, 1.165) is 11.1 Å². The van der Waals surface area contributed by atoms with Crippen molar-refractivity contribution in [1.29, 1.82) is 0 Å². The van der Waals surface area contributed by atoms with Gasteiger partial charge in [-0.15, -0.1) is 0 Å². The smallest absolute Gasteiger partial charge is 0.328 e. The summed E-state index contributed by atoms with van der Waals surface area (Å²) in [6.45, 7) is 3.69. The molecule has 5 nitrogen and oxygen atoms in total. The molecule has 1 rings (SSSR count). The maximum absolute atomic E-state index is 12.0. The van der Waals surface area contributed by atoms with Crippen LogP contribution in [0.4, 0.5) is 0 Å². The van der Waals surface area contributed by atoms with Crippen LogP contribution in [0.2, 0.25) is 0 Å². The second kappa shape index (κ2) is 7.73. The lowest BCUT2D eigenvalue weighted by Gasteiger charge is -2.19. The number of hydrogen-bond acceptors (Lipinski definition) is 4. The first-order valence-electron chi connectivity index (χ1n) is 6.61. The normalized spacial score (nSPS) is 11.8. The highest BCUT2D eigenvalue weighted by molar-refractivity contribution is 7.80. The summed E-state index contributed by atoms with van der Waals surface area (Å²) < 4.78 is 4.68. The molecule has 1 aromatic carbocycles. The van der Waals surface area contributed by atoms with Gasteiger partial charge in [-0.05, 0) is 11.5 Å². The highest BCUT2D eigenvalue weighted by Gasteiger charge is 2.24. The molecule has 3 N–H and O–H groups in total. The van der Waals surface area contributed by atoms with E-state index in [-0.39, 0.29) is 18.2 Å². The van der Waals surface area contributed by atoms with Crippen molar-refractivity contribution in [3.05, 3.63) is 35.4 Å². The van der Waals surface area contributed by atoms with Gasteiger partial charge >= 0.3 is 5.97 Å². The number of thiocarbonyl (C=S) groups is 1. The number of carbonyl (C=O) groups excluding carboxylic acids is 2. The molecule has 0 aliphatic carbocycles. The van der Waals surface area contributed by atoms with Crippen molar-refractivity contribution in [2.45, 2.75) is 26.3 Å². The fourth-order valence-electron chi connectivity index (χ4n) is 1.82. The second-order valence-electron chi connectivity index (χ2n) is 5.05. The molecular weight excluding hydrogens is 288 g/mol. The maximum Gasteiger partial charge on any atom is 0.328 e. The third kappa shape index (κ3) is 5.15. The summed E-state index contributed by atoms with van der Waals surface area (Å²) in [6.07, 6.45) is 0.178. The van der Waals surface area contributed by atoms with Gasteiger partial charge in [0.05, 0.1) is 13.5 Å². The summed E-state index contributed by atoms with van der Waals surface area (Å²) in [5.41, 5.74) is 7.09. The van der Waals surface area contributed by atoms with E-state index in [1.807, 2.05) is 13.8 Å². The third-order valence-corrected chi connectivity index (χ3v) is 3.28. The van der Waals surface area contributed by atoms with Gasteiger partial charge in [-0.25, -0.2) is 4.79 Å². The average Bonchev–Trinajstić information content (AvgIpc) is 2.44. The third-order valence-electron chi connectivity index (χ3n) is 3.04. The van der Waals surface area contributed by atoms with E-state index in [0.29, 0.717) is 4.99 Å². The molecule has 0 spiro atoms. The summed E-state index contributed by atoms with van der Waals surface area (Å²) in [7, 11) is 1.30. The minimum atomic E-state index is -0.640. The molecule has 114 valence electrons. The molecule has 1 atom stereocenters. The highest BCUT2D eigenvalue weighted by Crippen LogP contribution is 2.07. The number of methoxy groups -OCH3 is 1. The van der Waals surface area contributed by atoms with Gasteiger partial charge in [0.15, 0.2) is 0 Å². The summed E-state index contributed by atoms with van der Waals surface area (Å²) in [5.74, 6) is -0.720. The molecule has 0 aromatic heterocycles. The van der Waals surface area contributed by atoms with Crippen LogP contribution in [0, 0.1) is 5.92 Å². The number of rotatable bonds is 6. The molecule has 1 unspecified atom stereocenters. The Balaban J connectivity index is 2.67. The first kappa shape index (κ1) is 17.1. The van der Waals surface area contributed by atoms with E-state index in [9.17, 15) is 9.59 Å². The number of nitrogens with one attached hydrogen (secondary N) is 1. The molecule has 0 bridgehead atoms. The lowest BCUT2D eigenvalue weighted by Crippen LogP contribution is -2.45. The fraction of sp³-hybridized carbons (Fsp3) is 0.400. The van der Waals surface area contributed by atoms with Crippen molar-refractivity contribution in [3.63, 3.8) is 0 Å². The Morgan fingerprint density at radius 1 is 1.29 bits per heavy atom. The van der Waals surface area contributed by atoms with Gasteiger partial charge in [0, 0.05) is 5.56 Å². The molecule has 6 heteroatoms. The fourth-order valence-corrected chi connectivity index (χ4v) is 1.96. The summed E-state index contributed by atoms with van der Waals surface area (Å²) in [6, 6.07) is 6.47. The average molecular weight is 308 g/mol. The maximum atomic E-state index is 12.0. The van der Waals surface area contributed by atoms with E-state index in [4.69, 9.17) is 18.0 Å². The molecule has 21 heavy (non-hydrogen) atoms. The summed E-state index contributed by atoms with van der Waals surface area (Å²) in [4.78, 5) is 23.9. The first-order valence-corrected chi connectivity index (χ1v) is 7.02. The zero-order chi connectivity index (χ0) is 16.0. The van der Waals surface area contributed by atoms with Gasteiger partial charge in [-0.2, -0.15) is 0 Å². The van der Waals surface area contributed by atoms with Gasteiger partial charge in [0.25, 0.3) is 0 Å². The number of carbonyl (C=O) groups is 2. The van der Waals surface area contributed by atoms with Crippen LogP contribution in [0.15, 0.2) is 24.3 Å². The number of ether oxygens (including phenoxy) is 1. The van der Waals surface area contributed by atoms with Gasteiger partial charge in [0.2, 0.25) is 5.91 Å². The second-order valence-corrected chi connectivity index (χ2v) is 5.49. The molecule has 0 saturated carbocycles. The van der Waals surface area contributed by atoms with E-state index in [1.165, 1.54) is 7.11 Å². The monoisotopic (exact) mass is 308 g/mol. The van der Waals surface area contributed by atoms with E-state index >= 15 is 0 Å². The molecule has 1 aromatic rings. The van der Waals surface area contributed by atoms with Gasteiger partial charge in [0.1, 0.15) is 11.0 Å². The Kier molecular flexibility index (Phi) is 6.30. The molecule has 0 aliphatic heterocycles. The first-order chi connectivity index (χ1) is 9.85. The summed E-state index contributed by atoms with van der Waals surface area (Å²) >= 11 is 4.87. The molecule has 0 heterocycles. The summed E-state index contributed by atoms with van der Waals surface area (Å²) in [5, 5.41) is 2.69. The largest absolute Gasteiger partial charge is 0.467 e. The quantitative estimate of drug-likeness (QED) is 0.609. The number of amides is 1. The zero-order valence-corrected chi connectivity index (χ0v) is 13.2. The van der Waals surface area contributed by atoms with Crippen LogP contribution in [0.25, 0.3) is 0 Å². The van der Waals surface area contributed by atoms with Crippen molar-refractivity contribution >= 4 is 29.1 Å². The highest BCUT2D eigenvalue weighted by atomic mass is 32.1. The number of esters is 1. The minimum absolute atomic E-state index is 0.0432. The SMILES string of the molecule is COC(=O)C(NC(=O)Cc1ccc(C(N)=S)cc1)C(C)C. The number of nitrogens with two attached hydrogens (primary N) is 1. The Hall–Kier alpha value is -1.95. The lowest BCUT2D eigenvalue weighted by atomic mass is 10.0. The molecular formula is C15H20N2O3S. The Bertz CT molecular complexity index is 526. The predicted molar refractivity (Wildman–Crippen MR) is 84.8 cm³/mol. The molecule has 0 aliphatic rings. The van der Waals surface area contributed by atoms with Crippen molar-refractivity contribution < 1.29 is 14.3 Å². The van der Waals surface area contributed by atoms with Gasteiger partial charge in [-0.1, -0.05) is 50.3 Å². The predicted octanol–water partition coefficient (Wildman–Crippen LogP) is 1.18. The molecule has 0 radical (unpaired) electrons. The van der Waals surface area contributed by atoms with E-state index < -0.39 is 12.0 Å². The minimum Gasteiger partial charge on any atom is -0.467 e. The van der Waals surface area contributed by atoms with Crippen LogP contribution < -0.4 is 11.1 Å². The van der Waals surface area contributed by atoms with Crippen molar-refractivity contribution in [2.24, 2.45) is 11.7 Å². The Morgan fingerprint density at radius 2 is 1.86 bits per heavy atom. The Labute approximate surface area is 129 Å². The van der Waals surface area contributed by atoms with Crippen molar-refractivity contribution in [1.82, 2.24) is 5.32 Å². The molecule has 0 fully saturated rings. The van der Waals surface area contributed by atoms with Crippen LogP contribution in [0.5, 0.6) is 0 Å². The van der Waals surface area contributed by atoms with Crippen LogP contribution in [0.3, 0.4) is 0 Å².